The standard InChI is InChI=1S/C16H25NO2/c1-4-6-7-8-9-10-14-11-12-15(13(3)17-14)16(18)19-5-2/h11-12H,4-10H2,1-3H3. The normalized spacial score (nSPS) is 10.5. The van der Waals surface area contributed by atoms with E-state index in [1.54, 1.807) is 0 Å². The molecule has 0 aromatic carbocycles. The monoisotopic (exact) mass is 263 g/mol. The van der Waals surface area contributed by atoms with Gasteiger partial charge in [0.25, 0.3) is 0 Å². The molecule has 0 fully saturated rings. The van der Waals surface area contributed by atoms with Crippen LogP contribution in [0.1, 0.15) is 67.7 Å². The van der Waals surface area contributed by atoms with Crippen LogP contribution in [0.2, 0.25) is 0 Å². The smallest absolute Gasteiger partial charge is 0.339 e. The molecular weight excluding hydrogens is 238 g/mol. The van der Waals surface area contributed by atoms with Crippen LogP contribution >= 0.6 is 0 Å². The Kier molecular flexibility index (Phi) is 7.16. The van der Waals surface area contributed by atoms with Crippen LogP contribution in [-0.2, 0) is 11.2 Å². The molecule has 0 aliphatic heterocycles. The molecule has 1 aromatic rings. The van der Waals surface area contributed by atoms with Crippen molar-refractivity contribution in [3.8, 4) is 0 Å². The first-order valence-electron chi connectivity index (χ1n) is 7.32. The predicted octanol–water partition coefficient (Wildman–Crippen LogP) is 4.08. The van der Waals surface area contributed by atoms with Gasteiger partial charge in [-0.3, -0.25) is 4.98 Å². The zero-order valence-corrected chi connectivity index (χ0v) is 12.4. The Labute approximate surface area is 116 Å². The van der Waals surface area contributed by atoms with Gasteiger partial charge in [-0.25, -0.2) is 4.79 Å². The van der Waals surface area contributed by atoms with Gasteiger partial charge in [0.05, 0.1) is 17.9 Å². The first-order chi connectivity index (χ1) is 9.19. The van der Waals surface area contributed by atoms with Crippen molar-refractivity contribution in [1.82, 2.24) is 4.98 Å². The number of rotatable bonds is 8. The maximum atomic E-state index is 11.6. The summed E-state index contributed by atoms with van der Waals surface area (Å²) in [6, 6.07) is 3.78. The summed E-state index contributed by atoms with van der Waals surface area (Å²) in [7, 11) is 0. The largest absolute Gasteiger partial charge is 0.462 e. The van der Waals surface area contributed by atoms with E-state index >= 15 is 0 Å². The van der Waals surface area contributed by atoms with E-state index < -0.39 is 0 Å². The van der Waals surface area contributed by atoms with Gasteiger partial charge in [0, 0.05) is 5.69 Å². The Bertz CT molecular complexity index is 402. The number of pyridine rings is 1. The third-order valence-corrected chi connectivity index (χ3v) is 3.18. The van der Waals surface area contributed by atoms with Gasteiger partial charge in [-0.1, -0.05) is 32.6 Å². The average molecular weight is 263 g/mol. The molecule has 1 aromatic heterocycles. The van der Waals surface area contributed by atoms with Gasteiger partial charge >= 0.3 is 5.97 Å². The highest BCUT2D eigenvalue weighted by atomic mass is 16.5. The molecular formula is C16H25NO2. The molecule has 106 valence electrons. The summed E-state index contributed by atoms with van der Waals surface area (Å²) in [6.45, 7) is 6.30. The van der Waals surface area contributed by atoms with Crippen LogP contribution < -0.4 is 0 Å². The van der Waals surface area contributed by atoms with Crippen LogP contribution in [0.25, 0.3) is 0 Å². The van der Waals surface area contributed by atoms with Crippen molar-refractivity contribution < 1.29 is 9.53 Å². The molecule has 0 bridgehead atoms. The molecule has 1 heterocycles. The maximum absolute atomic E-state index is 11.6. The van der Waals surface area contributed by atoms with E-state index in [1.807, 2.05) is 26.0 Å². The Morgan fingerprint density at radius 2 is 1.89 bits per heavy atom. The number of nitrogens with zero attached hydrogens (tertiary/aromatic N) is 1. The molecule has 19 heavy (non-hydrogen) atoms. The topological polar surface area (TPSA) is 39.2 Å². The fraction of sp³-hybridized carbons (Fsp3) is 0.625. The molecule has 0 saturated heterocycles. The Hall–Kier alpha value is -1.38. The van der Waals surface area contributed by atoms with Gasteiger partial charge in [-0.15, -0.1) is 0 Å². The van der Waals surface area contributed by atoms with Crippen molar-refractivity contribution in [2.24, 2.45) is 0 Å². The van der Waals surface area contributed by atoms with E-state index in [-0.39, 0.29) is 5.97 Å². The molecule has 0 unspecified atom stereocenters. The summed E-state index contributed by atoms with van der Waals surface area (Å²) in [5, 5.41) is 0. The lowest BCUT2D eigenvalue weighted by atomic mass is 10.1. The van der Waals surface area contributed by atoms with Crippen LogP contribution in [-0.4, -0.2) is 17.6 Å². The number of ether oxygens (including phenoxy) is 1. The zero-order chi connectivity index (χ0) is 14.1. The van der Waals surface area contributed by atoms with E-state index in [1.165, 1.54) is 32.1 Å². The number of esters is 1. The quantitative estimate of drug-likeness (QED) is 0.524. The minimum absolute atomic E-state index is 0.276. The molecule has 1 rings (SSSR count). The first kappa shape index (κ1) is 15.7. The van der Waals surface area contributed by atoms with Crippen LogP contribution in [0, 0.1) is 6.92 Å². The number of aryl methyl sites for hydroxylation is 2. The molecule has 0 saturated carbocycles. The molecule has 0 spiro atoms. The third-order valence-electron chi connectivity index (χ3n) is 3.18. The van der Waals surface area contributed by atoms with Crippen molar-refractivity contribution in [2.75, 3.05) is 6.61 Å². The number of unbranched alkanes of at least 4 members (excludes halogenated alkanes) is 4. The Morgan fingerprint density at radius 1 is 1.16 bits per heavy atom. The van der Waals surface area contributed by atoms with Crippen LogP contribution in [0.4, 0.5) is 0 Å². The van der Waals surface area contributed by atoms with E-state index in [9.17, 15) is 4.79 Å². The van der Waals surface area contributed by atoms with Gasteiger partial charge in [0.15, 0.2) is 0 Å². The van der Waals surface area contributed by atoms with Crippen molar-refractivity contribution in [1.29, 1.82) is 0 Å². The lowest BCUT2D eigenvalue weighted by Gasteiger charge is -2.07. The minimum Gasteiger partial charge on any atom is -0.462 e. The molecule has 3 nitrogen and oxygen atoms in total. The highest BCUT2D eigenvalue weighted by molar-refractivity contribution is 5.90. The molecule has 0 radical (unpaired) electrons. The number of carbonyl (C=O) groups excluding carboxylic acids is 1. The SMILES string of the molecule is CCCCCCCc1ccc(C(=O)OCC)c(C)n1. The second-order valence-electron chi connectivity index (χ2n) is 4.82. The minimum atomic E-state index is -0.276. The lowest BCUT2D eigenvalue weighted by Crippen LogP contribution is -2.08. The van der Waals surface area contributed by atoms with Crippen LogP contribution in [0.3, 0.4) is 0 Å². The maximum Gasteiger partial charge on any atom is 0.339 e. The lowest BCUT2D eigenvalue weighted by molar-refractivity contribution is 0.0525. The molecule has 0 aliphatic rings. The molecule has 0 aliphatic carbocycles. The van der Waals surface area contributed by atoms with E-state index in [2.05, 4.69) is 11.9 Å². The van der Waals surface area contributed by atoms with Crippen molar-refractivity contribution in [3.05, 3.63) is 29.1 Å². The summed E-state index contributed by atoms with van der Waals surface area (Å²) in [5.41, 5.74) is 2.42. The number of carbonyl (C=O) groups is 1. The third kappa shape index (κ3) is 5.41. The molecule has 0 amide bonds. The number of hydrogen-bond acceptors (Lipinski definition) is 3. The second-order valence-corrected chi connectivity index (χ2v) is 4.82. The Morgan fingerprint density at radius 3 is 2.53 bits per heavy atom. The average Bonchev–Trinajstić information content (AvgIpc) is 2.39. The predicted molar refractivity (Wildman–Crippen MR) is 77.4 cm³/mol. The summed E-state index contributed by atoms with van der Waals surface area (Å²) in [5.74, 6) is -0.276. The van der Waals surface area contributed by atoms with Crippen molar-refractivity contribution in [3.63, 3.8) is 0 Å². The zero-order valence-electron chi connectivity index (χ0n) is 12.4. The fourth-order valence-corrected chi connectivity index (χ4v) is 2.09. The van der Waals surface area contributed by atoms with Crippen molar-refractivity contribution >= 4 is 5.97 Å². The summed E-state index contributed by atoms with van der Waals surface area (Å²) >= 11 is 0. The first-order valence-corrected chi connectivity index (χ1v) is 7.32. The number of aromatic nitrogens is 1. The van der Waals surface area contributed by atoms with E-state index in [0.29, 0.717) is 12.2 Å². The molecule has 0 atom stereocenters. The van der Waals surface area contributed by atoms with Gasteiger partial charge in [-0.2, -0.15) is 0 Å². The van der Waals surface area contributed by atoms with Gasteiger partial charge in [0.1, 0.15) is 0 Å². The summed E-state index contributed by atoms with van der Waals surface area (Å²) < 4.78 is 5.00. The van der Waals surface area contributed by atoms with Crippen LogP contribution in [0.5, 0.6) is 0 Å². The highest BCUT2D eigenvalue weighted by Gasteiger charge is 2.11. The van der Waals surface area contributed by atoms with Crippen molar-refractivity contribution in [2.45, 2.75) is 59.3 Å². The molecule has 0 N–H and O–H groups in total. The van der Waals surface area contributed by atoms with Gasteiger partial charge < -0.3 is 4.74 Å². The van der Waals surface area contributed by atoms with E-state index in [0.717, 1.165) is 17.8 Å². The fourth-order valence-electron chi connectivity index (χ4n) is 2.09. The second kappa shape index (κ2) is 8.68. The van der Waals surface area contributed by atoms with Crippen LogP contribution in [0.15, 0.2) is 12.1 Å². The van der Waals surface area contributed by atoms with Gasteiger partial charge in [-0.05, 0) is 38.8 Å². The van der Waals surface area contributed by atoms with Gasteiger partial charge in [0.2, 0.25) is 0 Å². The highest BCUT2D eigenvalue weighted by Crippen LogP contribution is 2.12. The summed E-state index contributed by atoms with van der Waals surface area (Å²) in [6.07, 6.45) is 7.31. The number of hydrogen-bond donors (Lipinski definition) is 0. The van der Waals surface area contributed by atoms with E-state index in [4.69, 9.17) is 4.74 Å². The Balaban J connectivity index is 2.49. The summed E-state index contributed by atoms with van der Waals surface area (Å²) in [4.78, 5) is 16.1. The molecule has 3 heteroatoms.